The number of fused-ring (bicyclic) bond motifs is 1. The number of nitrogens with zero attached hydrogens (tertiary/aromatic N) is 2. The van der Waals surface area contributed by atoms with Gasteiger partial charge in [0, 0.05) is 13.1 Å². The van der Waals surface area contributed by atoms with E-state index in [0.717, 1.165) is 19.6 Å². The predicted molar refractivity (Wildman–Crippen MR) is 75.0 cm³/mol. The number of hydrazine groups is 1. The molecule has 0 saturated heterocycles. The van der Waals surface area contributed by atoms with Gasteiger partial charge in [-0.2, -0.15) is 0 Å². The van der Waals surface area contributed by atoms with Crippen molar-refractivity contribution in [2.45, 2.75) is 26.7 Å². The first-order valence-electron chi connectivity index (χ1n) is 6.64. The minimum absolute atomic E-state index is 0.997. The molecule has 0 aromatic heterocycles. The Morgan fingerprint density at radius 1 is 1.12 bits per heavy atom. The zero-order valence-corrected chi connectivity index (χ0v) is 10.9. The molecule has 2 rings (SSSR count). The summed E-state index contributed by atoms with van der Waals surface area (Å²) in [4.78, 5) is 0. The van der Waals surface area contributed by atoms with Gasteiger partial charge in [0.1, 0.15) is 0 Å². The molecule has 0 saturated carbocycles. The van der Waals surface area contributed by atoms with Gasteiger partial charge in [0.2, 0.25) is 0 Å². The zero-order chi connectivity index (χ0) is 12.1. The van der Waals surface area contributed by atoms with E-state index in [2.05, 4.69) is 60.3 Å². The van der Waals surface area contributed by atoms with E-state index in [1.807, 2.05) is 0 Å². The largest absolute Gasteiger partial charge is 0.301 e. The van der Waals surface area contributed by atoms with Gasteiger partial charge in [0.05, 0.1) is 12.2 Å². The molecule has 1 aliphatic rings. The number of hydrogen-bond acceptors (Lipinski definition) is 2. The number of para-hydroxylation sites is 1. The molecule has 0 fully saturated rings. The molecule has 0 unspecified atom stereocenters. The van der Waals surface area contributed by atoms with Crippen LogP contribution < -0.4 is 5.01 Å². The normalized spacial score (nSPS) is 14.2. The Labute approximate surface area is 105 Å². The summed E-state index contributed by atoms with van der Waals surface area (Å²) in [5.74, 6) is 0. The molecule has 0 N–H and O–H groups in total. The fraction of sp³-hybridized carbons (Fsp3) is 0.467. The molecule has 0 spiro atoms. The summed E-state index contributed by atoms with van der Waals surface area (Å²) >= 11 is 0. The monoisotopic (exact) mass is 230 g/mol. The smallest absolute Gasteiger partial charge is 0.0598 e. The molecule has 1 heterocycles. The second kappa shape index (κ2) is 5.87. The summed E-state index contributed by atoms with van der Waals surface area (Å²) in [6, 6.07) is 8.64. The first-order valence-corrected chi connectivity index (χ1v) is 6.64. The quantitative estimate of drug-likeness (QED) is 0.763. The van der Waals surface area contributed by atoms with Crippen molar-refractivity contribution in [1.29, 1.82) is 0 Å². The highest BCUT2D eigenvalue weighted by molar-refractivity contribution is 5.70. The van der Waals surface area contributed by atoms with Crippen molar-refractivity contribution in [2.24, 2.45) is 0 Å². The molecule has 0 bridgehead atoms. The fourth-order valence-electron chi connectivity index (χ4n) is 2.38. The van der Waals surface area contributed by atoms with Gasteiger partial charge in [0.25, 0.3) is 0 Å². The van der Waals surface area contributed by atoms with Crippen LogP contribution >= 0.6 is 0 Å². The minimum atomic E-state index is 0.997. The van der Waals surface area contributed by atoms with Crippen LogP contribution in [0.5, 0.6) is 0 Å². The van der Waals surface area contributed by atoms with Gasteiger partial charge in [-0.25, -0.2) is 5.01 Å². The lowest BCUT2D eigenvalue weighted by Gasteiger charge is -2.38. The third-order valence-electron chi connectivity index (χ3n) is 3.10. The van der Waals surface area contributed by atoms with E-state index in [1.54, 1.807) is 0 Å². The van der Waals surface area contributed by atoms with Gasteiger partial charge in [-0.3, -0.25) is 0 Å². The van der Waals surface area contributed by atoms with E-state index in [0.29, 0.717) is 0 Å². The van der Waals surface area contributed by atoms with E-state index in [4.69, 9.17) is 0 Å². The summed E-state index contributed by atoms with van der Waals surface area (Å²) in [6.07, 6.45) is 6.87. The van der Waals surface area contributed by atoms with Crippen LogP contribution in [-0.4, -0.2) is 24.6 Å². The van der Waals surface area contributed by atoms with E-state index in [9.17, 15) is 0 Å². The van der Waals surface area contributed by atoms with Crippen LogP contribution in [-0.2, 0) is 0 Å². The standard InChI is InChI=1S/C15H22N2/c1-3-11-16(12-4-2)17-13-7-9-14-8-5-6-10-15(14)17/h5-10H,3-4,11-13H2,1-2H3. The molecule has 0 aliphatic carbocycles. The first kappa shape index (κ1) is 12.2. The Bertz CT molecular complexity index is 378. The second-order valence-corrected chi connectivity index (χ2v) is 4.50. The van der Waals surface area contributed by atoms with Crippen molar-refractivity contribution in [3.63, 3.8) is 0 Å². The second-order valence-electron chi connectivity index (χ2n) is 4.50. The van der Waals surface area contributed by atoms with Crippen LogP contribution in [0, 0.1) is 0 Å². The molecule has 17 heavy (non-hydrogen) atoms. The van der Waals surface area contributed by atoms with Crippen LogP contribution in [0.3, 0.4) is 0 Å². The number of rotatable bonds is 5. The third-order valence-corrected chi connectivity index (χ3v) is 3.10. The molecule has 2 heteroatoms. The minimum Gasteiger partial charge on any atom is -0.301 e. The molecule has 1 aliphatic heterocycles. The molecular formula is C15H22N2. The molecule has 92 valence electrons. The van der Waals surface area contributed by atoms with Crippen LogP contribution in [0.2, 0.25) is 0 Å². The van der Waals surface area contributed by atoms with Gasteiger partial charge < -0.3 is 5.01 Å². The van der Waals surface area contributed by atoms with Gasteiger partial charge in [-0.15, -0.1) is 0 Å². The molecule has 1 aromatic carbocycles. The average Bonchev–Trinajstić information content (AvgIpc) is 2.38. The van der Waals surface area contributed by atoms with Crippen molar-refractivity contribution in [1.82, 2.24) is 5.01 Å². The zero-order valence-electron chi connectivity index (χ0n) is 10.9. The van der Waals surface area contributed by atoms with Crippen molar-refractivity contribution in [3.05, 3.63) is 35.9 Å². The van der Waals surface area contributed by atoms with Gasteiger partial charge in [-0.1, -0.05) is 44.2 Å². The predicted octanol–water partition coefficient (Wildman–Crippen LogP) is 3.56. The highest BCUT2D eigenvalue weighted by Crippen LogP contribution is 2.26. The fourth-order valence-corrected chi connectivity index (χ4v) is 2.38. The molecule has 1 aromatic rings. The maximum Gasteiger partial charge on any atom is 0.0598 e. The lowest BCUT2D eigenvalue weighted by Crippen LogP contribution is -2.45. The van der Waals surface area contributed by atoms with Crippen LogP contribution in [0.25, 0.3) is 6.08 Å². The van der Waals surface area contributed by atoms with Crippen molar-refractivity contribution in [2.75, 3.05) is 24.6 Å². The van der Waals surface area contributed by atoms with Crippen LogP contribution in [0.1, 0.15) is 32.3 Å². The topological polar surface area (TPSA) is 6.48 Å². The Morgan fingerprint density at radius 2 is 1.82 bits per heavy atom. The van der Waals surface area contributed by atoms with E-state index < -0.39 is 0 Å². The van der Waals surface area contributed by atoms with Crippen molar-refractivity contribution < 1.29 is 0 Å². The maximum atomic E-state index is 2.47. The highest BCUT2D eigenvalue weighted by Gasteiger charge is 2.18. The summed E-state index contributed by atoms with van der Waals surface area (Å²) in [6.45, 7) is 7.76. The van der Waals surface area contributed by atoms with Gasteiger partial charge in [-0.05, 0) is 24.5 Å². The Balaban J connectivity index is 2.23. The summed E-state index contributed by atoms with van der Waals surface area (Å²) < 4.78 is 0. The molecule has 0 atom stereocenters. The van der Waals surface area contributed by atoms with Crippen LogP contribution in [0.15, 0.2) is 30.3 Å². The van der Waals surface area contributed by atoms with E-state index in [-0.39, 0.29) is 0 Å². The summed E-state index contributed by atoms with van der Waals surface area (Å²) in [5, 5.41) is 4.89. The van der Waals surface area contributed by atoms with Gasteiger partial charge in [0.15, 0.2) is 0 Å². The van der Waals surface area contributed by atoms with E-state index >= 15 is 0 Å². The molecular weight excluding hydrogens is 208 g/mol. The summed E-state index contributed by atoms with van der Waals surface area (Å²) in [5.41, 5.74) is 2.67. The highest BCUT2D eigenvalue weighted by atomic mass is 15.6. The molecule has 2 nitrogen and oxygen atoms in total. The Hall–Kier alpha value is -1.28. The molecule has 0 amide bonds. The van der Waals surface area contributed by atoms with Crippen molar-refractivity contribution in [3.8, 4) is 0 Å². The SMILES string of the molecule is CCCN(CCC)N1CC=Cc2ccccc21. The molecule has 0 radical (unpaired) electrons. The first-order chi connectivity index (χ1) is 8.36. The van der Waals surface area contributed by atoms with Gasteiger partial charge >= 0.3 is 0 Å². The Morgan fingerprint density at radius 3 is 2.53 bits per heavy atom. The van der Waals surface area contributed by atoms with E-state index in [1.165, 1.54) is 24.1 Å². The lowest BCUT2D eigenvalue weighted by molar-refractivity contribution is 0.256. The number of anilines is 1. The number of hydrogen-bond donors (Lipinski definition) is 0. The van der Waals surface area contributed by atoms with Crippen LogP contribution in [0.4, 0.5) is 5.69 Å². The Kier molecular flexibility index (Phi) is 4.21. The lowest BCUT2D eigenvalue weighted by atomic mass is 10.1. The number of benzene rings is 1. The average molecular weight is 230 g/mol. The maximum absolute atomic E-state index is 2.47. The summed E-state index contributed by atoms with van der Waals surface area (Å²) in [7, 11) is 0. The van der Waals surface area contributed by atoms with Crippen molar-refractivity contribution >= 4 is 11.8 Å². The third kappa shape index (κ3) is 2.70.